The second-order valence-corrected chi connectivity index (χ2v) is 5.94. The first kappa shape index (κ1) is 14.5. The molecule has 1 aliphatic heterocycles. The van der Waals surface area contributed by atoms with E-state index >= 15 is 0 Å². The molecule has 4 nitrogen and oxygen atoms in total. The van der Waals surface area contributed by atoms with Crippen LogP contribution in [0.5, 0.6) is 0 Å². The van der Waals surface area contributed by atoms with Gasteiger partial charge in [-0.05, 0) is 31.2 Å². The summed E-state index contributed by atoms with van der Waals surface area (Å²) in [5.41, 5.74) is 1.06. The van der Waals surface area contributed by atoms with Gasteiger partial charge in [0.15, 0.2) is 0 Å². The van der Waals surface area contributed by atoms with Crippen molar-refractivity contribution in [1.29, 1.82) is 0 Å². The topological polar surface area (TPSA) is 43.8 Å². The van der Waals surface area contributed by atoms with Crippen molar-refractivity contribution in [1.82, 2.24) is 9.80 Å². The first-order chi connectivity index (χ1) is 9.06. The second kappa shape index (κ2) is 6.50. The Morgan fingerprint density at radius 2 is 1.84 bits per heavy atom. The molecule has 1 heterocycles. The third kappa shape index (κ3) is 4.03. The molecule has 0 saturated carbocycles. The molecule has 0 aliphatic carbocycles. The number of hydrogen-bond acceptors (Lipinski definition) is 3. The van der Waals surface area contributed by atoms with Gasteiger partial charge in [0.25, 0.3) is 0 Å². The number of halogens is 1. The summed E-state index contributed by atoms with van der Waals surface area (Å²) in [4.78, 5) is 15.8. The van der Waals surface area contributed by atoms with Crippen LogP contribution in [0.25, 0.3) is 0 Å². The van der Waals surface area contributed by atoms with Gasteiger partial charge in [-0.3, -0.25) is 9.69 Å². The summed E-state index contributed by atoms with van der Waals surface area (Å²) in [5.74, 6) is -0.729. The number of piperazine rings is 1. The van der Waals surface area contributed by atoms with Gasteiger partial charge in [-0.1, -0.05) is 28.1 Å². The lowest BCUT2D eigenvalue weighted by molar-refractivity contribution is -0.144. The fourth-order valence-corrected chi connectivity index (χ4v) is 2.61. The van der Waals surface area contributed by atoms with E-state index in [4.69, 9.17) is 0 Å². The molecule has 1 unspecified atom stereocenters. The van der Waals surface area contributed by atoms with Crippen LogP contribution in [-0.4, -0.2) is 60.1 Å². The maximum Gasteiger partial charge on any atom is 0.321 e. The van der Waals surface area contributed by atoms with Crippen molar-refractivity contribution in [3.05, 3.63) is 34.3 Å². The Bertz CT molecular complexity index is 428. The maximum absolute atomic E-state index is 11.5. The number of aliphatic carboxylic acids is 1. The number of benzene rings is 1. The van der Waals surface area contributed by atoms with Gasteiger partial charge in [0.1, 0.15) is 6.04 Å². The first-order valence-corrected chi connectivity index (χ1v) is 7.25. The minimum atomic E-state index is -0.729. The van der Waals surface area contributed by atoms with Crippen LogP contribution in [-0.2, 0) is 11.2 Å². The first-order valence-electron chi connectivity index (χ1n) is 6.46. The number of nitrogens with zero attached hydrogens (tertiary/aromatic N) is 2. The SMILES string of the molecule is CN1CCN(C(Cc2ccc(Br)cc2)C(=O)O)CC1. The summed E-state index contributed by atoms with van der Waals surface area (Å²) in [6.07, 6.45) is 0.562. The number of hydrogen-bond donors (Lipinski definition) is 1. The summed E-state index contributed by atoms with van der Waals surface area (Å²) in [7, 11) is 2.07. The zero-order valence-electron chi connectivity index (χ0n) is 11.1. The van der Waals surface area contributed by atoms with E-state index in [1.807, 2.05) is 24.3 Å². The van der Waals surface area contributed by atoms with Gasteiger partial charge >= 0.3 is 5.97 Å². The number of rotatable bonds is 4. The summed E-state index contributed by atoms with van der Waals surface area (Å²) >= 11 is 3.39. The van der Waals surface area contributed by atoms with Crippen molar-refractivity contribution in [2.45, 2.75) is 12.5 Å². The molecule has 1 fully saturated rings. The number of carboxylic acid groups (broad SMARTS) is 1. The van der Waals surface area contributed by atoms with E-state index in [9.17, 15) is 9.90 Å². The third-order valence-electron chi connectivity index (χ3n) is 3.61. The van der Waals surface area contributed by atoms with E-state index in [-0.39, 0.29) is 0 Å². The molecule has 0 amide bonds. The highest BCUT2D eigenvalue weighted by Gasteiger charge is 2.28. The van der Waals surface area contributed by atoms with Crippen molar-refractivity contribution >= 4 is 21.9 Å². The molecule has 1 aromatic carbocycles. The van der Waals surface area contributed by atoms with Crippen LogP contribution in [0, 0.1) is 0 Å². The molecular formula is C14H19BrN2O2. The van der Waals surface area contributed by atoms with Crippen molar-refractivity contribution in [2.24, 2.45) is 0 Å². The van der Waals surface area contributed by atoms with E-state index in [1.165, 1.54) is 0 Å². The van der Waals surface area contributed by atoms with E-state index in [2.05, 4.69) is 32.8 Å². The van der Waals surface area contributed by atoms with Gasteiger partial charge in [0, 0.05) is 30.7 Å². The Morgan fingerprint density at radius 3 is 2.37 bits per heavy atom. The van der Waals surface area contributed by atoms with Crippen molar-refractivity contribution in [2.75, 3.05) is 33.2 Å². The molecular weight excluding hydrogens is 308 g/mol. The number of carboxylic acids is 1. The van der Waals surface area contributed by atoms with Gasteiger partial charge < -0.3 is 10.0 Å². The zero-order valence-corrected chi connectivity index (χ0v) is 12.6. The normalized spacial score (nSPS) is 19.3. The van der Waals surface area contributed by atoms with Crippen LogP contribution >= 0.6 is 15.9 Å². The molecule has 1 aliphatic rings. The van der Waals surface area contributed by atoms with Crippen LogP contribution < -0.4 is 0 Å². The minimum Gasteiger partial charge on any atom is -0.480 e. The van der Waals surface area contributed by atoms with Crippen LogP contribution in [0.4, 0.5) is 0 Å². The number of likely N-dealkylation sites (N-methyl/N-ethyl adjacent to an activating group) is 1. The zero-order chi connectivity index (χ0) is 13.8. The quantitative estimate of drug-likeness (QED) is 0.914. The summed E-state index contributed by atoms with van der Waals surface area (Å²) in [6, 6.07) is 7.46. The maximum atomic E-state index is 11.5. The molecule has 1 N–H and O–H groups in total. The van der Waals surface area contributed by atoms with Crippen molar-refractivity contribution in [3.63, 3.8) is 0 Å². The lowest BCUT2D eigenvalue weighted by atomic mass is 10.0. The minimum absolute atomic E-state index is 0.421. The van der Waals surface area contributed by atoms with Gasteiger partial charge in [0.2, 0.25) is 0 Å². The van der Waals surface area contributed by atoms with Crippen LogP contribution in [0.15, 0.2) is 28.7 Å². The lowest BCUT2D eigenvalue weighted by Crippen LogP contribution is -2.52. The fraction of sp³-hybridized carbons (Fsp3) is 0.500. The highest BCUT2D eigenvalue weighted by atomic mass is 79.9. The van der Waals surface area contributed by atoms with Crippen LogP contribution in [0.2, 0.25) is 0 Å². The third-order valence-corrected chi connectivity index (χ3v) is 4.13. The molecule has 1 saturated heterocycles. The van der Waals surface area contributed by atoms with E-state index in [0.717, 1.165) is 36.2 Å². The average molecular weight is 327 g/mol. The molecule has 2 rings (SSSR count). The molecule has 1 atom stereocenters. The fourth-order valence-electron chi connectivity index (χ4n) is 2.35. The van der Waals surface area contributed by atoms with E-state index in [1.54, 1.807) is 0 Å². The predicted molar refractivity (Wildman–Crippen MR) is 78.3 cm³/mol. The molecule has 0 radical (unpaired) electrons. The summed E-state index contributed by atoms with van der Waals surface area (Å²) in [6.45, 7) is 3.52. The Labute approximate surface area is 122 Å². The van der Waals surface area contributed by atoms with Crippen molar-refractivity contribution < 1.29 is 9.90 Å². The molecule has 5 heteroatoms. The molecule has 1 aromatic rings. The lowest BCUT2D eigenvalue weighted by Gasteiger charge is -2.36. The van der Waals surface area contributed by atoms with Gasteiger partial charge in [-0.2, -0.15) is 0 Å². The molecule has 0 aromatic heterocycles. The molecule has 104 valence electrons. The monoisotopic (exact) mass is 326 g/mol. The second-order valence-electron chi connectivity index (χ2n) is 5.02. The van der Waals surface area contributed by atoms with Crippen molar-refractivity contribution in [3.8, 4) is 0 Å². The van der Waals surface area contributed by atoms with Gasteiger partial charge in [0.05, 0.1) is 0 Å². The molecule has 0 bridgehead atoms. The Hall–Kier alpha value is -0.910. The summed E-state index contributed by atoms with van der Waals surface area (Å²) < 4.78 is 1.02. The molecule has 0 spiro atoms. The Morgan fingerprint density at radius 1 is 1.26 bits per heavy atom. The summed E-state index contributed by atoms with van der Waals surface area (Å²) in [5, 5.41) is 9.44. The van der Waals surface area contributed by atoms with Gasteiger partial charge in [-0.15, -0.1) is 0 Å². The van der Waals surface area contributed by atoms with Crippen LogP contribution in [0.3, 0.4) is 0 Å². The number of carbonyl (C=O) groups is 1. The van der Waals surface area contributed by atoms with E-state index in [0.29, 0.717) is 6.42 Å². The average Bonchev–Trinajstić information content (AvgIpc) is 2.39. The predicted octanol–water partition coefficient (Wildman–Crippen LogP) is 1.69. The van der Waals surface area contributed by atoms with E-state index < -0.39 is 12.0 Å². The van der Waals surface area contributed by atoms with Crippen LogP contribution in [0.1, 0.15) is 5.56 Å². The van der Waals surface area contributed by atoms with Gasteiger partial charge in [-0.25, -0.2) is 0 Å². The highest BCUT2D eigenvalue weighted by Crippen LogP contribution is 2.15. The smallest absolute Gasteiger partial charge is 0.321 e. The standard InChI is InChI=1S/C14H19BrN2O2/c1-16-6-8-17(9-7-16)13(14(18)19)10-11-2-4-12(15)5-3-11/h2-5,13H,6-10H2,1H3,(H,18,19). The highest BCUT2D eigenvalue weighted by molar-refractivity contribution is 9.10. The largest absolute Gasteiger partial charge is 0.480 e. The Balaban J connectivity index is 2.04. The molecule has 19 heavy (non-hydrogen) atoms. The Kier molecular flexibility index (Phi) is 4.96.